The second-order valence-corrected chi connectivity index (χ2v) is 5.11. The third-order valence-electron chi connectivity index (χ3n) is 2.78. The molecule has 0 fully saturated rings. The molecule has 0 saturated carbocycles. The zero-order valence-electron chi connectivity index (χ0n) is 12.2. The van der Waals surface area contributed by atoms with Crippen LogP contribution in [0.2, 0.25) is 0 Å². The fraction of sp³-hybridized carbons (Fsp3) is 0.667. The van der Waals surface area contributed by atoms with Gasteiger partial charge >= 0.3 is 18.0 Å². The fourth-order valence-corrected chi connectivity index (χ4v) is 1.45. The largest absolute Gasteiger partial charge is 0.481 e. The first-order valence-corrected chi connectivity index (χ1v) is 6.31. The minimum absolute atomic E-state index is 0.00375. The number of nitrogens with one attached hydrogen (secondary N) is 3. The molecular weight excluding hydrogens is 282 g/mol. The second-order valence-electron chi connectivity index (χ2n) is 5.11. The number of carboxylic acids is 2. The van der Waals surface area contributed by atoms with Gasteiger partial charge < -0.3 is 26.2 Å². The first-order valence-electron chi connectivity index (χ1n) is 6.31. The first-order chi connectivity index (χ1) is 9.60. The number of aliphatic carboxylic acids is 2. The van der Waals surface area contributed by atoms with Gasteiger partial charge in [0.05, 0.1) is 5.41 Å². The lowest BCUT2D eigenvalue weighted by Gasteiger charge is -2.23. The standard InChI is InChI=1S/C12H21N3O6/c1-12(2,10(20)13-3)6-14-11(21)15-7(9(18)19)4-5-8(16)17/h7H,4-6H2,1-3H3,(H,13,20)(H,16,17)(H,18,19)(H2,14,15,21). The Morgan fingerprint density at radius 3 is 2.14 bits per heavy atom. The van der Waals surface area contributed by atoms with E-state index in [-0.39, 0.29) is 25.3 Å². The molecule has 9 nitrogen and oxygen atoms in total. The predicted octanol–water partition coefficient (Wildman–Crippen LogP) is -0.624. The maximum atomic E-state index is 11.6. The molecule has 0 aromatic rings. The van der Waals surface area contributed by atoms with Crippen LogP contribution in [0.1, 0.15) is 26.7 Å². The van der Waals surface area contributed by atoms with Gasteiger partial charge in [0.1, 0.15) is 6.04 Å². The van der Waals surface area contributed by atoms with E-state index in [0.717, 1.165) is 0 Å². The van der Waals surface area contributed by atoms with Crippen molar-refractivity contribution >= 4 is 23.9 Å². The van der Waals surface area contributed by atoms with Crippen LogP contribution >= 0.6 is 0 Å². The van der Waals surface area contributed by atoms with Gasteiger partial charge in [-0.25, -0.2) is 9.59 Å². The summed E-state index contributed by atoms with van der Waals surface area (Å²) < 4.78 is 0. The third kappa shape index (κ3) is 7.14. The van der Waals surface area contributed by atoms with Gasteiger partial charge in [-0.2, -0.15) is 0 Å². The first kappa shape index (κ1) is 18.7. The van der Waals surface area contributed by atoms with Gasteiger partial charge in [-0.1, -0.05) is 0 Å². The Morgan fingerprint density at radius 2 is 1.71 bits per heavy atom. The molecule has 3 amide bonds. The summed E-state index contributed by atoms with van der Waals surface area (Å²) in [5.41, 5.74) is -0.855. The van der Waals surface area contributed by atoms with Crippen LogP contribution in [0.5, 0.6) is 0 Å². The Hall–Kier alpha value is -2.32. The normalized spacial score (nSPS) is 12.1. The van der Waals surface area contributed by atoms with Crippen LogP contribution in [0.3, 0.4) is 0 Å². The number of hydrogen-bond acceptors (Lipinski definition) is 4. The molecule has 0 aliphatic heterocycles. The van der Waals surface area contributed by atoms with Crippen molar-refractivity contribution in [3.63, 3.8) is 0 Å². The van der Waals surface area contributed by atoms with Gasteiger partial charge in [-0.15, -0.1) is 0 Å². The van der Waals surface area contributed by atoms with Crippen LogP contribution in [0, 0.1) is 5.41 Å². The zero-order chi connectivity index (χ0) is 16.6. The molecule has 0 spiro atoms. The molecule has 0 aromatic heterocycles. The molecule has 0 heterocycles. The summed E-state index contributed by atoms with van der Waals surface area (Å²) in [6.45, 7) is 3.24. The van der Waals surface area contributed by atoms with E-state index in [1.807, 2.05) is 0 Å². The Morgan fingerprint density at radius 1 is 1.14 bits per heavy atom. The number of hydrogen-bond donors (Lipinski definition) is 5. The van der Waals surface area contributed by atoms with Crippen molar-refractivity contribution in [1.82, 2.24) is 16.0 Å². The quantitative estimate of drug-likeness (QED) is 0.404. The number of rotatable bonds is 8. The lowest BCUT2D eigenvalue weighted by atomic mass is 9.92. The van der Waals surface area contributed by atoms with E-state index in [0.29, 0.717) is 0 Å². The van der Waals surface area contributed by atoms with Crippen LogP contribution in [-0.4, -0.2) is 53.7 Å². The Kier molecular flexibility index (Phi) is 7.18. The van der Waals surface area contributed by atoms with Crippen LogP contribution in [-0.2, 0) is 14.4 Å². The number of carbonyl (C=O) groups excluding carboxylic acids is 2. The van der Waals surface area contributed by atoms with Crippen LogP contribution in [0.4, 0.5) is 4.79 Å². The van der Waals surface area contributed by atoms with E-state index in [1.54, 1.807) is 13.8 Å². The molecule has 0 saturated heterocycles. The van der Waals surface area contributed by atoms with Crippen molar-refractivity contribution in [3.8, 4) is 0 Å². The molecule has 21 heavy (non-hydrogen) atoms. The van der Waals surface area contributed by atoms with Crippen LogP contribution in [0.15, 0.2) is 0 Å². The minimum atomic E-state index is -1.32. The van der Waals surface area contributed by atoms with Gasteiger partial charge in [0, 0.05) is 20.0 Å². The monoisotopic (exact) mass is 303 g/mol. The highest BCUT2D eigenvalue weighted by molar-refractivity contribution is 5.85. The molecule has 0 radical (unpaired) electrons. The van der Waals surface area contributed by atoms with Crippen molar-refractivity contribution in [2.75, 3.05) is 13.6 Å². The number of urea groups is 1. The van der Waals surface area contributed by atoms with E-state index in [1.165, 1.54) is 7.05 Å². The SMILES string of the molecule is CNC(=O)C(C)(C)CNC(=O)NC(CCC(=O)O)C(=O)O. The maximum absolute atomic E-state index is 11.6. The molecule has 0 rings (SSSR count). The molecular formula is C12H21N3O6. The highest BCUT2D eigenvalue weighted by Crippen LogP contribution is 2.12. The van der Waals surface area contributed by atoms with Gasteiger partial charge in [-0.3, -0.25) is 9.59 Å². The molecule has 0 aliphatic carbocycles. The number of amides is 3. The number of carboxylic acid groups (broad SMARTS) is 2. The van der Waals surface area contributed by atoms with Crippen molar-refractivity contribution in [2.24, 2.45) is 5.41 Å². The van der Waals surface area contributed by atoms with Gasteiger partial charge in [-0.05, 0) is 20.3 Å². The van der Waals surface area contributed by atoms with Crippen molar-refractivity contribution in [3.05, 3.63) is 0 Å². The summed E-state index contributed by atoms with van der Waals surface area (Å²) in [5.74, 6) is -2.75. The van der Waals surface area contributed by atoms with Gasteiger partial charge in [0.15, 0.2) is 0 Å². The summed E-state index contributed by atoms with van der Waals surface area (Å²) in [6, 6.07) is -2.08. The summed E-state index contributed by atoms with van der Waals surface area (Å²) in [7, 11) is 1.47. The van der Waals surface area contributed by atoms with Gasteiger partial charge in [0.25, 0.3) is 0 Å². The summed E-state index contributed by atoms with van der Waals surface area (Å²) in [5, 5.41) is 24.4. The summed E-state index contributed by atoms with van der Waals surface area (Å²) >= 11 is 0. The molecule has 9 heteroatoms. The molecule has 1 unspecified atom stereocenters. The third-order valence-corrected chi connectivity index (χ3v) is 2.78. The molecule has 5 N–H and O–H groups in total. The van der Waals surface area contributed by atoms with Crippen LogP contribution < -0.4 is 16.0 Å². The lowest BCUT2D eigenvalue weighted by molar-refractivity contribution is -0.140. The Labute approximate surface area is 122 Å². The minimum Gasteiger partial charge on any atom is -0.481 e. The summed E-state index contributed by atoms with van der Waals surface area (Å²) in [6.07, 6.45) is -0.599. The van der Waals surface area contributed by atoms with Crippen molar-refractivity contribution < 1.29 is 29.4 Å². The second kappa shape index (κ2) is 8.08. The highest BCUT2D eigenvalue weighted by Gasteiger charge is 2.28. The van der Waals surface area contributed by atoms with Crippen LogP contribution in [0.25, 0.3) is 0 Å². The maximum Gasteiger partial charge on any atom is 0.326 e. The van der Waals surface area contributed by atoms with E-state index in [9.17, 15) is 19.2 Å². The average Bonchev–Trinajstić information content (AvgIpc) is 2.39. The van der Waals surface area contributed by atoms with Gasteiger partial charge in [0.2, 0.25) is 5.91 Å². The lowest BCUT2D eigenvalue weighted by Crippen LogP contribution is -2.50. The topological polar surface area (TPSA) is 145 Å². The highest BCUT2D eigenvalue weighted by atomic mass is 16.4. The summed E-state index contributed by atoms with van der Waals surface area (Å²) in [4.78, 5) is 44.4. The molecule has 0 bridgehead atoms. The molecule has 0 aromatic carbocycles. The van der Waals surface area contributed by atoms with E-state index in [2.05, 4.69) is 16.0 Å². The molecule has 120 valence electrons. The van der Waals surface area contributed by atoms with Crippen molar-refractivity contribution in [1.29, 1.82) is 0 Å². The number of carbonyl (C=O) groups is 4. The molecule has 0 aliphatic rings. The fourth-order valence-electron chi connectivity index (χ4n) is 1.45. The Bertz CT molecular complexity index is 421. The molecule has 1 atom stereocenters. The van der Waals surface area contributed by atoms with E-state index < -0.39 is 29.4 Å². The zero-order valence-corrected chi connectivity index (χ0v) is 12.2. The predicted molar refractivity (Wildman–Crippen MR) is 72.7 cm³/mol. The Balaban J connectivity index is 4.42. The van der Waals surface area contributed by atoms with E-state index in [4.69, 9.17) is 10.2 Å². The van der Waals surface area contributed by atoms with Crippen molar-refractivity contribution in [2.45, 2.75) is 32.7 Å². The van der Waals surface area contributed by atoms with E-state index >= 15 is 0 Å². The smallest absolute Gasteiger partial charge is 0.326 e. The average molecular weight is 303 g/mol.